The van der Waals surface area contributed by atoms with Crippen molar-refractivity contribution in [3.63, 3.8) is 0 Å². The summed E-state index contributed by atoms with van der Waals surface area (Å²) in [4.78, 5) is 0. The van der Waals surface area contributed by atoms with Crippen molar-refractivity contribution in [2.24, 2.45) is 0 Å². The maximum atomic E-state index is 3.62. The van der Waals surface area contributed by atoms with E-state index in [0.29, 0.717) is 0 Å². The van der Waals surface area contributed by atoms with Crippen molar-refractivity contribution in [3.05, 3.63) is 0 Å². The molecule has 0 bridgehead atoms. The van der Waals surface area contributed by atoms with Crippen LogP contribution in [0.4, 0.5) is 0 Å². The molecular weight excluding hydrogens is 425 g/mol. The molecule has 0 aliphatic carbocycles. The van der Waals surface area contributed by atoms with E-state index in [9.17, 15) is 0 Å². The van der Waals surface area contributed by atoms with Crippen LogP contribution in [0.5, 0.6) is 0 Å². The molecule has 0 unspecified atom stereocenters. The lowest BCUT2D eigenvalue weighted by atomic mass is 10.1. The molecule has 124 valence electrons. The van der Waals surface area contributed by atoms with Gasteiger partial charge in [0.05, 0.1) is 26.2 Å². The van der Waals surface area contributed by atoms with Gasteiger partial charge in [0.2, 0.25) is 0 Å². The Morgan fingerprint density at radius 2 is 1.05 bits per heavy atom. The highest BCUT2D eigenvalue weighted by Gasteiger charge is 2.24. The number of nitrogens with zero attached hydrogens (tertiary/aromatic N) is 1. The smallest absolute Gasteiger partial charge is 0.0794 e. The maximum absolute atomic E-state index is 3.62. The fourth-order valence-electron chi connectivity index (χ4n) is 2.93. The van der Waals surface area contributed by atoms with Crippen LogP contribution in [0, 0.1) is 0 Å². The monoisotopic (exact) mass is 461 g/mol. The van der Waals surface area contributed by atoms with Crippen LogP contribution >= 0.6 is 15.9 Å². The largest absolute Gasteiger partial charge is 1.00 e. The van der Waals surface area contributed by atoms with E-state index >= 15 is 0 Å². The predicted octanol–water partition coefficient (Wildman–Crippen LogP) is 2.77. The van der Waals surface area contributed by atoms with Crippen molar-refractivity contribution in [3.8, 4) is 0 Å². The highest BCUT2D eigenvalue weighted by molar-refractivity contribution is 9.09. The van der Waals surface area contributed by atoms with Crippen LogP contribution < -0.4 is 24.0 Å². The van der Waals surface area contributed by atoms with Crippen LogP contribution in [0.15, 0.2) is 0 Å². The van der Waals surface area contributed by atoms with E-state index < -0.39 is 0 Å². The highest BCUT2D eigenvalue weighted by Crippen LogP contribution is 2.17. The highest BCUT2D eigenvalue weighted by atomic mass is 127. The molecule has 0 fully saturated rings. The van der Waals surface area contributed by atoms with E-state index in [1.54, 1.807) is 0 Å². The van der Waals surface area contributed by atoms with Crippen LogP contribution in [0.2, 0.25) is 0 Å². The van der Waals surface area contributed by atoms with E-state index in [1.807, 2.05) is 0 Å². The van der Waals surface area contributed by atoms with Gasteiger partial charge in [0.25, 0.3) is 0 Å². The predicted molar refractivity (Wildman–Crippen MR) is 92.1 cm³/mol. The van der Waals surface area contributed by atoms with Gasteiger partial charge in [-0.05, 0) is 25.7 Å². The standard InChI is InChI=1S/C17H37BrN.HI/c1-4-7-10-11-16-19(14-8-5-2,15-9-6-3)17-12-13-18;/h4-17H2,1-3H3;1H/q+1;/p-1. The van der Waals surface area contributed by atoms with E-state index in [-0.39, 0.29) is 24.0 Å². The van der Waals surface area contributed by atoms with Crippen molar-refractivity contribution in [1.82, 2.24) is 0 Å². The molecule has 20 heavy (non-hydrogen) atoms. The molecule has 0 saturated carbocycles. The average Bonchev–Trinajstić information content (AvgIpc) is 2.44. The van der Waals surface area contributed by atoms with Crippen molar-refractivity contribution in [2.45, 2.75) is 78.6 Å². The number of unbranched alkanes of at least 4 members (excludes halogenated alkanes) is 5. The minimum absolute atomic E-state index is 0. The molecule has 0 aromatic heterocycles. The van der Waals surface area contributed by atoms with Crippen LogP contribution in [-0.4, -0.2) is 36.0 Å². The lowest BCUT2D eigenvalue weighted by molar-refractivity contribution is -0.928. The molecule has 0 amide bonds. The molecule has 0 aliphatic heterocycles. The number of hydrogen-bond donors (Lipinski definition) is 0. The van der Waals surface area contributed by atoms with Gasteiger partial charge in [-0.3, -0.25) is 0 Å². The summed E-state index contributed by atoms with van der Waals surface area (Å²) in [6, 6.07) is 0. The van der Waals surface area contributed by atoms with Gasteiger partial charge in [-0.25, -0.2) is 0 Å². The van der Waals surface area contributed by atoms with Gasteiger partial charge in [0.1, 0.15) is 0 Å². The summed E-state index contributed by atoms with van der Waals surface area (Å²) in [6.45, 7) is 12.6. The first-order chi connectivity index (χ1) is 9.24. The Kier molecular flexibility index (Phi) is 19.4. The third-order valence-electron chi connectivity index (χ3n) is 4.22. The minimum atomic E-state index is 0. The van der Waals surface area contributed by atoms with Gasteiger partial charge >= 0.3 is 0 Å². The van der Waals surface area contributed by atoms with E-state index in [0.717, 1.165) is 0 Å². The third-order valence-corrected chi connectivity index (χ3v) is 4.78. The molecule has 0 rings (SSSR count). The van der Waals surface area contributed by atoms with Gasteiger partial charge in [-0.1, -0.05) is 62.4 Å². The fraction of sp³-hybridized carbons (Fsp3) is 1.00. The number of halogens is 2. The Morgan fingerprint density at radius 1 is 0.600 bits per heavy atom. The van der Waals surface area contributed by atoms with E-state index in [4.69, 9.17) is 0 Å². The molecule has 0 heterocycles. The Balaban J connectivity index is 0. The molecule has 0 aromatic rings. The molecule has 0 atom stereocenters. The molecule has 0 radical (unpaired) electrons. The molecule has 0 spiro atoms. The summed E-state index contributed by atoms with van der Waals surface area (Å²) in [5, 5.41) is 1.17. The Hall–Kier alpha value is 1.17. The van der Waals surface area contributed by atoms with Crippen LogP contribution in [0.3, 0.4) is 0 Å². The molecular formula is C17H37BrIN. The number of rotatable bonds is 14. The summed E-state index contributed by atoms with van der Waals surface area (Å²) < 4.78 is 1.40. The second-order valence-corrected chi connectivity index (χ2v) is 6.84. The Labute approximate surface area is 154 Å². The molecule has 0 saturated heterocycles. The molecule has 0 aliphatic rings. The van der Waals surface area contributed by atoms with Crippen LogP contribution in [-0.2, 0) is 0 Å². The van der Waals surface area contributed by atoms with Gasteiger partial charge in [-0.15, -0.1) is 0 Å². The zero-order valence-electron chi connectivity index (χ0n) is 14.1. The summed E-state index contributed by atoms with van der Waals surface area (Å²) in [7, 11) is 0. The van der Waals surface area contributed by atoms with Gasteiger partial charge in [-0.2, -0.15) is 0 Å². The summed E-state index contributed by atoms with van der Waals surface area (Å²) >= 11 is 3.62. The topological polar surface area (TPSA) is 0 Å². The third kappa shape index (κ3) is 11.8. The van der Waals surface area contributed by atoms with Crippen LogP contribution in [0.1, 0.15) is 78.6 Å². The average molecular weight is 462 g/mol. The van der Waals surface area contributed by atoms with Crippen molar-refractivity contribution in [1.29, 1.82) is 0 Å². The SMILES string of the molecule is CCCCCC[N+](CCCC)(CCCC)CCCBr.[I-]. The fourth-order valence-corrected chi connectivity index (χ4v) is 3.18. The van der Waals surface area contributed by atoms with Crippen molar-refractivity contribution < 1.29 is 28.5 Å². The quantitative estimate of drug-likeness (QED) is 0.161. The normalized spacial score (nSPS) is 11.4. The number of hydrogen-bond acceptors (Lipinski definition) is 0. The Bertz CT molecular complexity index is 166. The lowest BCUT2D eigenvalue weighted by Gasteiger charge is -2.39. The summed E-state index contributed by atoms with van der Waals surface area (Å²) in [6.07, 6.45) is 12.5. The minimum Gasteiger partial charge on any atom is -1.00 e. The zero-order valence-corrected chi connectivity index (χ0v) is 17.8. The number of alkyl halides is 1. The maximum Gasteiger partial charge on any atom is 0.0794 e. The second-order valence-electron chi connectivity index (χ2n) is 6.05. The Morgan fingerprint density at radius 3 is 1.50 bits per heavy atom. The van der Waals surface area contributed by atoms with Crippen LogP contribution in [0.25, 0.3) is 0 Å². The molecule has 1 nitrogen and oxygen atoms in total. The van der Waals surface area contributed by atoms with Gasteiger partial charge in [0.15, 0.2) is 0 Å². The molecule has 0 aromatic carbocycles. The number of quaternary nitrogens is 1. The van der Waals surface area contributed by atoms with Gasteiger partial charge < -0.3 is 28.5 Å². The first-order valence-corrected chi connectivity index (χ1v) is 9.77. The van der Waals surface area contributed by atoms with E-state index in [1.165, 1.54) is 93.8 Å². The van der Waals surface area contributed by atoms with Crippen molar-refractivity contribution in [2.75, 3.05) is 31.5 Å². The van der Waals surface area contributed by atoms with Crippen molar-refractivity contribution >= 4 is 15.9 Å². The first kappa shape index (κ1) is 23.4. The summed E-state index contributed by atoms with van der Waals surface area (Å²) in [5.41, 5.74) is 0. The zero-order chi connectivity index (χ0) is 14.4. The van der Waals surface area contributed by atoms with Gasteiger partial charge in [0, 0.05) is 11.8 Å². The first-order valence-electron chi connectivity index (χ1n) is 8.65. The second kappa shape index (κ2) is 16.5. The lowest BCUT2D eigenvalue weighted by Crippen LogP contribution is -3.00. The summed E-state index contributed by atoms with van der Waals surface area (Å²) in [5.74, 6) is 0. The molecule has 3 heteroatoms. The molecule has 0 N–H and O–H groups in total. The van der Waals surface area contributed by atoms with E-state index in [2.05, 4.69) is 36.7 Å².